The van der Waals surface area contributed by atoms with Crippen molar-refractivity contribution in [1.29, 1.82) is 0 Å². The van der Waals surface area contributed by atoms with Crippen molar-refractivity contribution in [3.8, 4) is 0 Å². The number of carboxylic acids is 1. The minimum Gasteiger partial charge on any atom is -0.477 e. The number of benzene rings is 1. The molecule has 1 saturated carbocycles. The first-order chi connectivity index (χ1) is 13.5. The molecule has 1 aromatic carbocycles. The number of nitrogens with two attached hydrogens (primary N) is 1. The second kappa shape index (κ2) is 6.17. The van der Waals surface area contributed by atoms with Crippen LogP contribution in [-0.4, -0.2) is 34.8 Å². The van der Waals surface area contributed by atoms with Crippen LogP contribution < -0.4 is 16.1 Å². The van der Waals surface area contributed by atoms with Gasteiger partial charge in [-0.15, -0.1) is 0 Å². The van der Waals surface area contributed by atoms with Gasteiger partial charge in [0, 0.05) is 42.7 Å². The Morgan fingerprint density at radius 3 is 2.71 bits per heavy atom. The summed E-state index contributed by atoms with van der Waals surface area (Å²) in [6, 6.07) is 3.29. The van der Waals surface area contributed by atoms with Crippen molar-refractivity contribution >= 4 is 22.6 Å². The zero-order valence-corrected chi connectivity index (χ0v) is 15.3. The van der Waals surface area contributed by atoms with Gasteiger partial charge in [0.2, 0.25) is 5.43 Å². The van der Waals surface area contributed by atoms with Crippen LogP contribution in [0, 0.1) is 17.7 Å². The highest BCUT2D eigenvalue weighted by atomic mass is 19.1. The van der Waals surface area contributed by atoms with Crippen molar-refractivity contribution < 1.29 is 14.3 Å². The molecule has 0 spiro atoms. The van der Waals surface area contributed by atoms with Crippen molar-refractivity contribution in [3.63, 3.8) is 0 Å². The third kappa shape index (κ3) is 2.57. The molecular formula is C21H22FN3O3. The fourth-order valence-electron chi connectivity index (χ4n) is 4.73. The summed E-state index contributed by atoms with van der Waals surface area (Å²) in [5, 5.41) is 9.48. The summed E-state index contributed by atoms with van der Waals surface area (Å²) in [6.07, 6.45) is 8.13. The van der Waals surface area contributed by atoms with E-state index in [9.17, 15) is 14.7 Å². The van der Waals surface area contributed by atoms with Crippen LogP contribution in [0.15, 0.2) is 35.3 Å². The quantitative estimate of drug-likeness (QED) is 0.795. The highest BCUT2D eigenvalue weighted by Crippen LogP contribution is 2.40. The van der Waals surface area contributed by atoms with Gasteiger partial charge in [0.1, 0.15) is 5.56 Å². The summed E-state index contributed by atoms with van der Waals surface area (Å²) in [7, 11) is 0. The number of rotatable bonds is 3. The van der Waals surface area contributed by atoms with Crippen LogP contribution in [0.3, 0.4) is 0 Å². The molecule has 3 atom stereocenters. The van der Waals surface area contributed by atoms with Crippen LogP contribution in [0.5, 0.6) is 0 Å². The molecule has 3 unspecified atom stereocenters. The molecule has 2 aliphatic carbocycles. The molecule has 3 aliphatic rings. The Balaban J connectivity index is 1.65. The molecule has 1 saturated heterocycles. The number of anilines is 1. The number of halogens is 1. The Kier molecular flexibility index (Phi) is 3.84. The summed E-state index contributed by atoms with van der Waals surface area (Å²) in [5.41, 5.74) is 5.98. The largest absolute Gasteiger partial charge is 0.477 e. The van der Waals surface area contributed by atoms with Gasteiger partial charge in [-0.05, 0) is 37.3 Å². The zero-order chi connectivity index (χ0) is 19.6. The Hall–Kier alpha value is -2.67. The molecule has 0 amide bonds. The van der Waals surface area contributed by atoms with Crippen molar-refractivity contribution in [2.75, 3.05) is 18.0 Å². The number of fused-ring (bicyclic) bond motifs is 2. The van der Waals surface area contributed by atoms with Gasteiger partial charge in [0.25, 0.3) is 0 Å². The van der Waals surface area contributed by atoms with Crippen LogP contribution in [0.4, 0.5) is 10.1 Å². The summed E-state index contributed by atoms with van der Waals surface area (Å²) in [4.78, 5) is 26.1. The summed E-state index contributed by atoms with van der Waals surface area (Å²) >= 11 is 0. The molecule has 28 heavy (non-hydrogen) atoms. The number of hydrogen-bond donors (Lipinski definition) is 2. The van der Waals surface area contributed by atoms with Crippen LogP contribution in [0.2, 0.25) is 0 Å². The summed E-state index contributed by atoms with van der Waals surface area (Å²) in [6.45, 7) is 1.37. The molecule has 2 aromatic rings. The van der Waals surface area contributed by atoms with Crippen molar-refractivity contribution in [2.45, 2.75) is 31.3 Å². The van der Waals surface area contributed by atoms with Gasteiger partial charge < -0.3 is 20.3 Å². The van der Waals surface area contributed by atoms with Gasteiger partial charge in [-0.2, -0.15) is 0 Å². The first-order valence-electron chi connectivity index (χ1n) is 9.73. The topological polar surface area (TPSA) is 88.6 Å². The van der Waals surface area contributed by atoms with Crippen LogP contribution >= 0.6 is 0 Å². The van der Waals surface area contributed by atoms with Gasteiger partial charge in [-0.3, -0.25) is 4.79 Å². The summed E-state index contributed by atoms with van der Waals surface area (Å²) < 4.78 is 17.3. The molecule has 1 aromatic heterocycles. The number of aromatic nitrogens is 1. The standard InChI is InChI=1S/C21H22FN3O3/c22-18-17(24-8-11-2-1-3-16(23)14(11)9-24)7-6-13-19(18)25(12-4-5-12)10-15(20(13)26)21(27)28/h1-2,6-7,10-12,14,16H,3-5,8-9,23H2,(H,27,28). The molecule has 146 valence electrons. The van der Waals surface area contributed by atoms with Crippen LogP contribution in [0.25, 0.3) is 10.9 Å². The number of carbonyl (C=O) groups is 1. The third-order valence-electron chi connectivity index (χ3n) is 6.38. The second-order valence-corrected chi connectivity index (χ2v) is 8.17. The average Bonchev–Trinajstić information content (AvgIpc) is 3.41. The van der Waals surface area contributed by atoms with Gasteiger partial charge in [0.05, 0.1) is 11.2 Å². The molecule has 3 N–H and O–H groups in total. The van der Waals surface area contributed by atoms with Gasteiger partial charge in [0.15, 0.2) is 5.82 Å². The fraction of sp³-hybridized carbons (Fsp3) is 0.429. The molecule has 2 fully saturated rings. The second-order valence-electron chi connectivity index (χ2n) is 8.17. The third-order valence-corrected chi connectivity index (χ3v) is 6.38. The maximum absolute atomic E-state index is 15.7. The van der Waals surface area contributed by atoms with Crippen LogP contribution in [0.1, 0.15) is 35.7 Å². The lowest BCUT2D eigenvalue weighted by atomic mass is 9.83. The number of nitrogens with zero attached hydrogens (tertiary/aromatic N) is 2. The smallest absolute Gasteiger partial charge is 0.341 e. The lowest BCUT2D eigenvalue weighted by Crippen LogP contribution is -2.36. The first-order valence-corrected chi connectivity index (χ1v) is 9.73. The molecule has 7 heteroatoms. The predicted octanol–water partition coefficient (Wildman–Crippen LogP) is 2.51. The Bertz CT molecular complexity index is 1070. The van der Waals surface area contributed by atoms with E-state index in [0.717, 1.165) is 19.3 Å². The first kappa shape index (κ1) is 17.4. The van der Waals surface area contributed by atoms with Crippen molar-refractivity contribution in [1.82, 2.24) is 4.57 Å². The van der Waals surface area contributed by atoms with E-state index < -0.39 is 17.2 Å². The molecule has 1 aliphatic heterocycles. The maximum Gasteiger partial charge on any atom is 0.341 e. The van der Waals surface area contributed by atoms with Gasteiger partial charge >= 0.3 is 5.97 Å². The minimum atomic E-state index is -1.28. The molecule has 0 radical (unpaired) electrons. The van der Waals surface area contributed by atoms with E-state index >= 15 is 4.39 Å². The highest BCUT2D eigenvalue weighted by molar-refractivity contribution is 5.93. The van der Waals surface area contributed by atoms with E-state index in [2.05, 4.69) is 12.2 Å². The van der Waals surface area contributed by atoms with Gasteiger partial charge in [-0.1, -0.05) is 12.2 Å². The average molecular weight is 383 g/mol. The number of aromatic carboxylic acids is 1. The number of hydrogen-bond acceptors (Lipinski definition) is 4. The highest BCUT2D eigenvalue weighted by Gasteiger charge is 2.38. The fourth-order valence-corrected chi connectivity index (χ4v) is 4.73. The molecule has 6 nitrogen and oxygen atoms in total. The Labute approximate surface area is 161 Å². The molecule has 0 bridgehead atoms. The van der Waals surface area contributed by atoms with E-state index in [1.165, 1.54) is 6.20 Å². The lowest BCUT2D eigenvalue weighted by Gasteiger charge is -2.25. The van der Waals surface area contributed by atoms with E-state index in [1.807, 2.05) is 4.90 Å². The molecule has 5 rings (SSSR count). The summed E-state index contributed by atoms with van der Waals surface area (Å²) in [5.74, 6) is -1.14. The normalized spacial score (nSPS) is 26.6. The Morgan fingerprint density at radius 1 is 1.25 bits per heavy atom. The number of pyridine rings is 1. The van der Waals surface area contributed by atoms with Crippen LogP contribution in [-0.2, 0) is 0 Å². The Morgan fingerprint density at radius 2 is 2.04 bits per heavy atom. The van der Waals surface area contributed by atoms with E-state index in [0.29, 0.717) is 30.6 Å². The van der Waals surface area contributed by atoms with E-state index in [1.54, 1.807) is 16.7 Å². The SMILES string of the molecule is NC1CC=CC2CN(c3ccc4c(=O)c(C(=O)O)cn(C5CC5)c4c3F)CC12. The van der Waals surface area contributed by atoms with Crippen molar-refractivity contribution in [2.24, 2.45) is 17.6 Å². The van der Waals surface area contributed by atoms with E-state index in [4.69, 9.17) is 5.73 Å². The maximum atomic E-state index is 15.7. The van der Waals surface area contributed by atoms with Crippen molar-refractivity contribution in [3.05, 3.63) is 52.1 Å². The lowest BCUT2D eigenvalue weighted by molar-refractivity contribution is 0.0695. The zero-order valence-electron chi connectivity index (χ0n) is 15.3. The minimum absolute atomic E-state index is 0.0449. The molecule has 2 heterocycles. The monoisotopic (exact) mass is 383 g/mol. The predicted molar refractivity (Wildman–Crippen MR) is 104 cm³/mol. The number of carboxylic acid groups (broad SMARTS) is 1. The van der Waals surface area contributed by atoms with E-state index in [-0.39, 0.29) is 28.6 Å². The van der Waals surface area contributed by atoms with Gasteiger partial charge in [-0.25, -0.2) is 9.18 Å². The molecular weight excluding hydrogens is 361 g/mol.